The van der Waals surface area contributed by atoms with E-state index in [1.807, 2.05) is 0 Å². The standard InChI is InChI=1S/C32H29NO10/c1-4-28(34)39-19-5-6-20-40-32(38)43-27-13-9-23(10-14-27)31(37)42-26-17-15-25(16-18-26)41-30(36)22-7-11-24(12-8-22)33-29(35)21(2)3/h4,7-18H,1-2,5-6,19-20H2,3H3,(H,33,35). The highest BCUT2D eigenvalue weighted by molar-refractivity contribution is 6.03. The van der Waals surface area contributed by atoms with Crippen LogP contribution >= 0.6 is 0 Å². The Kier molecular flexibility index (Phi) is 11.8. The Hall–Kier alpha value is -5.71. The van der Waals surface area contributed by atoms with Gasteiger partial charge in [0.1, 0.15) is 17.2 Å². The van der Waals surface area contributed by atoms with E-state index in [9.17, 15) is 24.0 Å². The molecule has 0 aliphatic carbocycles. The normalized spacial score (nSPS) is 10.1. The predicted octanol–water partition coefficient (Wildman–Crippen LogP) is 5.66. The molecule has 0 radical (unpaired) electrons. The van der Waals surface area contributed by atoms with E-state index in [2.05, 4.69) is 18.5 Å². The molecule has 3 aromatic rings. The van der Waals surface area contributed by atoms with Crippen molar-refractivity contribution in [2.24, 2.45) is 0 Å². The van der Waals surface area contributed by atoms with Gasteiger partial charge < -0.3 is 29.0 Å². The van der Waals surface area contributed by atoms with Gasteiger partial charge >= 0.3 is 24.1 Å². The molecule has 0 saturated heterocycles. The summed E-state index contributed by atoms with van der Waals surface area (Å²) in [6, 6.07) is 17.7. The number of hydrogen-bond acceptors (Lipinski definition) is 10. The molecule has 0 bridgehead atoms. The molecule has 11 nitrogen and oxygen atoms in total. The van der Waals surface area contributed by atoms with Gasteiger partial charge in [-0.15, -0.1) is 0 Å². The lowest BCUT2D eigenvalue weighted by Gasteiger charge is -2.09. The first-order chi connectivity index (χ1) is 20.6. The highest BCUT2D eigenvalue weighted by Gasteiger charge is 2.13. The Labute approximate surface area is 247 Å². The molecular weight excluding hydrogens is 558 g/mol. The number of benzene rings is 3. The van der Waals surface area contributed by atoms with E-state index in [1.54, 1.807) is 19.1 Å². The summed E-state index contributed by atoms with van der Waals surface area (Å²) in [7, 11) is 0. The zero-order valence-corrected chi connectivity index (χ0v) is 23.3. The van der Waals surface area contributed by atoms with Gasteiger partial charge in [-0.05, 0) is 92.6 Å². The average Bonchev–Trinajstić information content (AvgIpc) is 3.00. The van der Waals surface area contributed by atoms with Gasteiger partial charge in [0.25, 0.3) is 5.91 Å². The van der Waals surface area contributed by atoms with Crippen molar-refractivity contribution in [2.75, 3.05) is 18.5 Å². The number of ether oxygens (including phenoxy) is 5. The van der Waals surface area contributed by atoms with Gasteiger partial charge in [0, 0.05) is 17.3 Å². The summed E-state index contributed by atoms with van der Waals surface area (Å²) in [5.74, 6) is -1.50. The predicted molar refractivity (Wildman–Crippen MR) is 155 cm³/mol. The van der Waals surface area contributed by atoms with Crippen molar-refractivity contribution in [1.29, 1.82) is 0 Å². The minimum Gasteiger partial charge on any atom is -0.463 e. The van der Waals surface area contributed by atoms with Gasteiger partial charge in [-0.1, -0.05) is 13.2 Å². The molecule has 0 aliphatic heterocycles. The van der Waals surface area contributed by atoms with Gasteiger partial charge in [0.15, 0.2) is 0 Å². The Bertz CT molecular complexity index is 1480. The molecule has 1 amide bonds. The van der Waals surface area contributed by atoms with Gasteiger partial charge in [0.2, 0.25) is 0 Å². The Morgan fingerprint density at radius 1 is 0.674 bits per heavy atom. The third kappa shape index (κ3) is 10.7. The van der Waals surface area contributed by atoms with E-state index in [0.29, 0.717) is 24.1 Å². The molecule has 0 aromatic heterocycles. The third-order valence-electron chi connectivity index (χ3n) is 5.47. The number of unbranched alkanes of at least 4 members (excludes halogenated alkanes) is 1. The van der Waals surface area contributed by atoms with Crippen molar-refractivity contribution in [3.63, 3.8) is 0 Å². The Morgan fingerprint density at radius 3 is 1.60 bits per heavy atom. The molecule has 0 saturated carbocycles. The van der Waals surface area contributed by atoms with Crippen LogP contribution in [0.1, 0.15) is 40.5 Å². The van der Waals surface area contributed by atoms with Crippen LogP contribution in [0.4, 0.5) is 10.5 Å². The molecule has 43 heavy (non-hydrogen) atoms. The molecule has 0 spiro atoms. The summed E-state index contributed by atoms with van der Waals surface area (Å²) in [4.78, 5) is 59.4. The quantitative estimate of drug-likeness (QED) is 0.0874. The van der Waals surface area contributed by atoms with Crippen molar-refractivity contribution in [1.82, 2.24) is 0 Å². The molecule has 1 N–H and O–H groups in total. The van der Waals surface area contributed by atoms with Crippen molar-refractivity contribution in [2.45, 2.75) is 19.8 Å². The second kappa shape index (κ2) is 15.9. The molecule has 11 heteroatoms. The van der Waals surface area contributed by atoms with Gasteiger partial charge in [0.05, 0.1) is 24.3 Å². The van der Waals surface area contributed by atoms with Crippen LogP contribution in [-0.2, 0) is 19.1 Å². The van der Waals surface area contributed by atoms with E-state index >= 15 is 0 Å². The molecule has 0 aliphatic rings. The number of nitrogens with one attached hydrogen (secondary N) is 1. The van der Waals surface area contributed by atoms with E-state index in [4.69, 9.17) is 23.7 Å². The summed E-state index contributed by atoms with van der Waals surface area (Å²) in [6.45, 7) is 8.72. The zero-order valence-electron chi connectivity index (χ0n) is 23.3. The van der Waals surface area contributed by atoms with Crippen LogP contribution in [0.25, 0.3) is 0 Å². The molecule has 0 unspecified atom stereocenters. The Morgan fingerprint density at radius 2 is 1.12 bits per heavy atom. The Balaban J connectivity index is 1.42. The third-order valence-corrected chi connectivity index (χ3v) is 5.47. The summed E-state index contributed by atoms with van der Waals surface area (Å²) in [6.07, 6.45) is 1.13. The maximum Gasteiger partial charge on any atom is 0.513 e. The average molecular weight is 588 g/mol. The molecule has 222 valence electrons. The largest absolute Gasteiger partial charge is 0.513 e. The molecule has 3 rings (SSSR count). The molecule has 0 fully saturated rings. The smallest absolute Gasteiger partial charge is 0.463 e. The maximum atomic E-state index is 12.5. The molecule has 3 aromatic carbocycles. The summed E-state index contributed by atoms with van der Waals surface area (Å²) in [5, 5.41) is 2.65. The first-order valence-corrected chi connectivity index (χ1v) is 13.0. The summed E-state index contributed by atoms with van der Waals surface area (Å²) >= 11 is 0. The van der Waals surface area contributed by atoms with Gasteiger partial charge in [-0.25, -0.2) is 19.2 Å². The second-order valence-corrected chi connectivity index (χ2v) is 8.87. The number of carbonyl (C=O) groups is 5. The lowest BCUT2D eigenvalue weighted by atomic mass is 10.2. The highest BCUT2D eigenvalue weighted by Crippen LogP contribution is 2.21. The van der Waals surface area contributed by atoms with Gasteiger partial charge in [-0.3, -0.25) is 4.79 Å². The van der Waals surface area contributed by atoms with Crippen LogP contribution < -0.4 is 19.5 Å². The van der Waals surface area contributed by atoms with E-state index in [1.165, 1.54) is 60.7 Å². The van der Waals surface area contributed by atoms with Gasteiger partial charge in [-0.2, -0.15) is 0 Å². The van der Waals surface area contributed by atoms with E-state index < -0.39 is 24.1 Å². The van der Waals surface area contributed by atoms with Crippen LogP contribution in [0.2, 0.25) is 0 Å². The minimum atomic E-state index is -0.914. The number of rotatable bonds is 13. The van der Waals surface area contributed by atoms with Crippen molar-refractivity contribution < 1.29 is 47.7 Å². The highest BCUT2D eigenvalue weighted by atomic mass is 16.7. The van der Waals surface area contributed by atoms with Crippen LogP contribution in [0.5, 0.6) is 17.2 Å². The summed E-state index contributed by atoms with van der Waals surface area (Å²) in [5.41, 5.74) is 1.34. The van der Waals surface area contributed by atoms with Crippen molar-refractivity contribution in [3.05, 3.63) is 109 Å². The van der Waals surface area contributed by atoms with E-state index in [0.717, 1.165) is 6.08 Å². The number of carbonyl (C=O) groups excluding carboxylic acids is 5. The first-order valence-electron chi connectivity index (χ1n) is 13.0. The fraction of sp³-hybridized carbons (Fsp3) is 0.156. The molecular formula is C32H29NO10. The van der Waals surface area contributed by atoms with Crippen LogP contribution in [-0.4, -0.2) is 43.2 Å². The zero-order chi connectivity index (χ0) is 31.2. The van der Waals surface area contributed by atoms with Crippen molar-refractivity contribution in [3.8, 4) is 17.2 Å². The fourth-order valence-electron chi connectivity index (χ4n) is 3.21. The minimum absolute atomic E-state index is 0.0804. The molecule has 0 heterocycles. The number of esters is 3. The van der Waals surface area contributed by atoms with E-state index in [-0.39, 0.29) is 47.5 Å². The van der Waals surface area contributed by atoms with Crippen LogP contribution in [0.3, 0.4) is 0 Å². The fourth-order valence-corrected chi connectivity index (χ4v) is 3.21. The van der Waals surface area contributed by atoms with Crippen LogP contribution in [0, 0.1) is 0 Å². The second-order valence-electron chi connectivity index (χ2n) is 8.87. The number of hydrogen-bond donors (Lipinski definition) is 1. The van der Waals surface area contributed by atoms with Crippen LogP contribution in [0.15, 0.2) is 97.6 Å². The summed E-state index contributed by atoms with van der Waals surface area (Å²) < 4.78 is 25.5. The first kappa shape index (κ1) is 31.8. The number of anilines is 1. The lowest BCUT2D eigenvalue weighted by molar-refractivity contribution is -0.137. The SMILES string of the molecule is C=CC(=O)OCCCCOC(=O)Oc1ccc(C(=O)Oc2ccc(OC(=O)c3ccc(NC(=O)C(=C)C)cc3)cc2)cc1. The molecule has 0 atom stereocenters. The topological polar surface area (TPSA) is 144 Å². The number of amides is 1. The lowest BCUT2D eigenvalue weighted by Crippen LogP contribution is -2.13. The maximum absolute atomic E-state index is 12.5. The van der Waals surface area contributed by atoms with Crippen molar-refractivity contribution >= 4 is 35.7 Å². The monoisotopic (exact) mass is 587 g/mol.